The number of benzene rings is 1. The van der Waals surface area contributed by atoms with Crippen molar-refractivity contribution in [3.05, 3.63) is 53.6 Å². The predicted molar refractivity (Wildman–Crippen MR) is 116 cm³/mol. The van der Waals surface area contributed by atoms with E-state index in [2.05, 4.69) is 16.9 Å². The van der Waals surface area contributed by atoms with E-state index in [9.17, 15) is 9.90 Å². The van der Waals surface area contributed by atoms with Gasteiger partial charge in [0.05, 0.1) is 34.0 Å². The molecule has 1 aromatic rings. The Hall–Kier alpha value is -2.11. The summed E-state index contributed by atoms with van der Waals surface area (Å²) in [6, 6.07) is 7.80. The fourth-order valence-corrected chi connectivity index (χ4v) is 2.80. The average molecular weight is 405 g/mol. The van der Waals surface area contributed by atoms with E-state index in [0.717, 1.165) is 55.4 Å². The molecule has 162 valence electrons. The Morgan fingerprint density at radius 1 is 1.00 bits per heavy atom. The summed E-state index contributed by atoms with van der Waals surface area (Å²) in [4.78, 5) is 11.0. The molecule has 0 fully saturated rings. The highest BCUT2D eigenvalue weighted by Crippen LogP contribution is 2.12. The lowest BCUT2D eigenvalue weighted by Crippen LogP contribution is -1.99. The molecule has 1 rings (SSSR count). The average Bonchev–Trinajstić information content (AvgIpc) is 2.76. The molecule has 0 spiro atoms. The number of rotatable bonds is 16. The van der Waals surface area contributed by atoms with Crippen molar-refractivity contribution in [3.8, 4) is 5.75 Å². The number of carbonyl (C=O) groups excluding carboxylic acids is 1. The minimum absolute atomic E-state index is 0.0520. The van der Waals surface area contributed by atoms with Gasteiger partial charge in [-0.15, -0.1) is 0 Å². The van der Waals surface area contributed by atoms with Crippen molar-refractivity contribution in [2.24, 2.45) is 0 Å². The van der Waals surface area contributed by atoms with Crippen LogP contribution in [0, 0.1) is 0 Å². The number of hydrogen-bond acceptors (Lipinski definition) is 5. The number of methoxy groups -OCH3 is 2. The number of aliphatic hydroxyl groups is 1. The summed E-state index contributed by atoms with van der Waals surface area (Å²) >= 11 is 0. The third kappa shape index (κ3) is 12.9. The van der Waals surface area contributed by atoms with E-state index in [0.29, 0.717) is 19.6 Å². The molecule has 5 nitrogen and oxygen atoms in total. The second-order valence-corrected chi connectivity index (χ2v) is 6.94. The molecular weight excluding hydrogens is 368 g/mol. The van der Waals surface area contributed by atoms with E-state index in [1.165, 1.54) is 13.5 Å². The molecule has 1 N–H and O–H groups in total. The van der Waals surface area contributed by atoms with Crippen molar-refractivity contribution < 1.29 is 24.1 Å². The van der Waals surface area contributed by atoms with Crippen LogP contribution in [0.2, 0.25) is 0 Å². The molecule has 0 saturated heterocycles. The quantitative estimate of drug-likeness (QED) is 0.239. The molecule has 0 saturated carbocycles. The lowest BCUT2D eigenvalue weighted by atomic mass is 10.1. The third-order valence-corrected chi connectivity index (χ3v) is 4.65. The monoisotopic (exact) mass is 404 g/mol. The summed E-state index contributed by atoms with van der Waals surface area (Å²) < 4.78 is 15.4. The number of unbranched alkanes of at least 4 members (excludes halogenated alkanes) is 5. The van der Waals surface area contributed by atoms with Gasteiger partial charge in [0.2, 0.25) is 0 Å². The molecule has 0 aliphatic rings. The third-order valence-electron chi connectivity index (χ3n) is 4.65. The highest BCUT2D eigenvalue weighted by Gasteiger charge is 1.99. The maximum Gasteiger partial charge on any atom is 0.305 e. The smallest absolute Gasteiger partial charge is 0.305 e. The second-order valence-electron chi connectivity index (χ2n) is 6.94. The van der Waals surface area contributed by atoms with Crippen molar-refractivity contribution >= 4 is 5.97 Å². The SMILES string of the molecule is COC(=O)CCCCCCC/C=C/C/C(=C/COCc1ccc(OC)cc1)CO. The van der Waals surface area contributed by atoms with Crippen LogP contribution in [-0.4, -0.2) is 38.5 Å². The Morgan fingerprint density at radius 2 is 1.72 bits per heavy atom. The van der Waals surface area contributed by atoms with Gasteiger partial charge in [0.25, 0.3) is 0 Å². The molecular formula is C24H36O5. The van der Waals surface area contributed by atoms with Crippen LogP contribution in [0.15, 0.2) is 48.1 Å². The molecule has 0 unspecified atom stereocenters. The first-order chi connectivity index (χ1) is 14.2. The van der Waals surface area contributed by atoms with E-state index < -0.39 is 0 Å². The van der Waals surface area contributed by atoms with Gasteiger partial charge in [-0.25, -0.2) is 0 Å². The van der Waals surface area contributed by atoms with Crippen LogP contribution in [0.1, 0.15) is 56.9 Å². The van der Waals surface area contributed by atoms with Crippen molar-refractivity contribution in [2.75, 3.05) is 27.4 Å². The molecule has 0 aliphatic carbocycles. The highest BCUT2D eigenvalue weighted by molar-refractivity contribution is 5.68. The van der Waals surface area contributed by atoms with Crippen molar-refractivity contribution in [1.82, 2.24) is 0 Å². The Bertz CT molecular complexity index is 604. The fourth-order valence-electron chi connectivity index (χ4n) is 2.80. The van der Waals surface area contributed by atoms with Gasteiger partial charge in [-0.2, -0.15) is 0 Å². The van der Waals surface area contributed by atoms with Gasteiger partial charge in [0.15, 0.2) is 0 Å². The summed E-state index contributed by atoms with van der Waals surface area (Å²) in [7, 11) is 3.08. The number of carbonyl (C=O) groups is 1. The topological polar surface area (TPSA) is 65.0 Å². The van der Waals surface area contributed by atoms with Crippen LogP contribution in [-0.2, 0) is 20.9 Å². The molecule has 0 bridgehead atoms. The Morgan fingerprint density at radius 3 is 2.41 bits per heavy atom. The molecule has 0 heterocycles. The number of esters is 1. The van der Waals surface area contributed by atoms with Crippen molar-refractivity contribution in [2.45, 2.75) is 58.0 Å². The molecule has 0 aliphatic heterocycles. The lowest BCUT2D eigenvalue weighted by molar-refractivity contribution is -0.140. The summed E-state index contributed by atoms with van der Waals surface area (Å²) in [5.41, 5.74) is 2.06. The number of aliphatic hydroxyl groups excluding tert-OH is 1. The van der Waals surface area contributed by atoms with Crippen molar-refractivity contribution in [3.63, 3.8) is 0 Å². The van der Waals surface area contributed by atoms with E-state index in [4.69, 9.17) is 9.47 Å². The predicted octanol–water partition coefficient (Wildman–Crippen LogP) is 4.98. The Balaban J connectivity index is 2.08. The maximum absolute atomic E-state index is 11.0. The normalized spacial score (nSPS) is 11.8. The highest BCUT2D eigenvalue weighted by atomic mass is 16.5. The summed E-state index contributed by atoms with van der Waals surface area (Å²) in [5, 5.41) is 9.48. The summed E-state index contributed by atoms with van der Waals surface area (Å²) in [5.74, 6) is 0.716. The minimum Gasteiger partial charge on any atom is -0.497 e. The zero-order chi connectivity index (χ0) is 21.2. The summed E-state index contributed by atoms with van der Waals surface area (Å²) in [6.07, 6.45) is 14.0. The Labute approximate surface area is 175 Å². The number of hydrogen-bond donors (Lipinski definition) is 1. The van der Waals surface area contributed by atoms with Crippen LogP contribution in [0.5, 0.6) is 5.75 Å². The van der Waals surface area contributed by atoms with Gasteiger partial charge in [-0.3, -0.25) is 4.79 Å². The largest absolute Gasteiger partial charge is 0.497 e. The van der Waals surface area contributed by atoms with Gasteiger partial charge >= 0.3 is 5.97 Å². The molecule has 1 aromatic carbocycles. The van der Waals surface area contributed by atoms with E-state index in [1.807, 2.05) is 30.3 Å². The fraction of sp³-hybridized carbons (Fsp3) is 0.542. The van der Waals surface area contributed by atoms with Crippen LogP contribution >= 0.6 is 0 Å². The van der Waals surface area contributed by atoms with E-state index in [-0.39, 0.29) is 12.6 Å². The second kappa shape index (κ2) is 16.8. The van der Waals surface area contributed by atoms with Crippen LogP contribution < -0.4 is 4.74 Å². The first-order valence-electron chi connectivity index (χ1n) is 10.4. The van der Waals surface area contributed by atoms with Gasteiger partial charge in [0.1, 0.15) is 5.75 Å². The summed E-state index contributed by atoms with van der Waals surface area (Å²) in [6.45, 7) is 1.08. The zero-order valence-corrected chi connectivity index (χ0v) is 17.9. The molecule has 0 atom stereocenters. The molecule has 0 amide bonds. The number of allylic oxidation sites excluding steroid dienone is 2. The first kappa shape index (κ1) is 24.9. The Kier molecular flexibility index (Phi) is 14.4. The lowest BCUT2D eigenvalue weighted by Gasteiger charge is -2.05. The molecule has 0 aromatic heterocycles. The van der Waals surface area contributed by atoms with Gasteiger partial charge in [-0.1, -0.05) is 49.6 Å². The van der Waals surface area contributed by atoms with Crippen molar-refractivity contribution in [1.29, 1.82) is 0 Å². The first-order valence-corrected chi connectivity index (χ1v) is 10.4. The molecule has 0 radical (unpaired) electrons. The molecule has 5 heteroatoms. The van der Waals surface area contributed by atoms with E-state index >= 15 is 0 Å². The maximum atomic E-state index is 11.0. The van der Waals surface area contributed by atoms with Gasteiger partial charge in [0, 0.05) is 6.42 Å². The standard InChI is InChI=1S/C24H36O5/c1-27-23-15-13-22(14-16-23)20-29-18-17-21(19-25)11-9-7-5-3-4-6-8-10-12-24(26)28-2/h7,9,13-17,25H,3-6,8,10-12,18-20H2,1-2H3/b9-7+,21-17-. The minimum atomic E-state index is -0.119. The van der Waals surface area contributed by atoms with Gasteiger partial charge in [-0.05, 0) is 49.0 Å². The van der Waals surface area contributed by atoms with E-state index in [1.54, 1.807) is 7.11 Å². The molecule has 29 heavy (non-hydrogen) atoms. The van der Waals surface area contributed by atoms with Gasteiger partial charge < -0.3 is 19.3 Å². The van der Waals surface area contributed by atoms with Crippen LogP contribution in [0.4, 0.5) is 0 Å². The van der Waals surface area contributed by atoms with Crippen LogP contribution in [0.25, 0.3) is 0 Å². The number of ether oxygens (including phenoxy) is 3. The van der Waals surface area contributed by atoms with Crippen LogP contribution in [0.3, 0.4) is 0 Å². The zero-order valence-electron chi connectivity index (χ0n) is 17.9.